The summed E-state index contributed by atoms with van der Waals surface area (Å²) in [5.74, 6) is -0.224. The summed E-state index contributed by atoms with van der Waals surface area (Å²) in [6, 6.07) is 5.04. The number of rotatable bonds is 6. The number of carboxylic acid groups (broad SMARTS) is 1. The first kappa shape index (κ1) is 14.3. The molecule has 2 N–H and O–H groups in total. The van der Waals surface area contributed by atoms with Gasteiger partial charge in [0, 0.05) is 0 Å². The highest BCUT2D eigenvalue weighted by Crippen LogP contribution is 2.32. The second-order valence-electron chi connectivity index (χ2n) is 4.13. The minimum Gasteiger partial charge on any atom is -0.493 e. The Morgan fingerprint density at radius 2 is 1.89 bits per heavy atom. The predicted molar refractivity (Wildman–Crippen MR) is 65.9 cm³/mol. The molecule has 1 rings (SSSR count). The predicted octanol–water partition coefficient (Wildman–Crippen LogP) is 1.85. The van der Waals surface area contributed by atoms with Crippen LogP contribution in [0.4, 0.5) is 0 Å². The Hall–Kier alpha value is -1.75. The number of hydrogen-bond donors (Lipinski definition) is 2. The molecule has 0 aliphatic heterocycles. The third-order valence-electron chi connectivity index (χ3n) is 2.78. The van der Waals surface area contributed by atoms with Gasteiger partial charge in [0.1, 0.15) is 0 Å². The fourth-order valence-corrected chi connectivity index (χ4v) is 1.75. The van der Waals surface area contributed by atoms with Gasteiger partial charge in [0.2, 0.25) is 0 Å². The van der Waals surface area contributed by atoms with Crippen LogP contribution in [0.15, 0.2) is 18.2 Å². The molecule has 0 aliphatic rings. The monoisotopic (exact) mass is 254 g/mol. The van der Waals surface area contributed by atoms with Gasteiger partial charge in [0.15, 0.2) is 11.5 Å². The van der Waals surface area contributed by atoms with E-state index in [1.54, 1.807) is 25.1 Å². The van der Waals surface area contributed by atoms with E-state index in [0.29, 0.717) is 17.1 Å². The van der Waals surface area contributed by atoms with Crippen molar-refractivity contribution >= 4 is 5.97 Å². The largest absolute Gasteiger partial charge is 0.493 e. The number of carboxylic acids is 1. The van der Waals surface area contributed by atoms with Gasteiger partial charge in [-0.3, -0.25) is 4.79 Å². The minimum absolute atomic E-state index is 0.0878. The van der Waals surface area contributed by atoms with Crippen LogP contribution in [-0.2, 0) is 4.79 Å². The van der Waals surface area contributed by atoms with Crippen LogP contribution in [0.5, 0.6) is 11.5 Å². The lowest BCUT2D eigenvalue weighted by atomic mass is 9.94. The molecule has 0 spiro atoms. The lowest BCUT2D eigenvalue weighted by Gasteiger charge is -2.18. The van der Waals surface area contributed by atoms with E-state index in [9.17, 15) is 9.90 Å². The lowest BCUT2D eigenvalue weighted by Crippen LogP contribution is -2.13. The molecule has 1 aromatic carbocycles. The highest BCUT2D eigenvalue weighted by Gasteiger charge is 2.20. The molecular weight excluding hydrogens is 236 g/mol. The first-order chi connectivity index (χ1) is 8.49. The third-order valence-corrected chi connectivity index (χ3v) is 2.78. The minimum atomic E-state index is -0.929. The van der Waals surface area contributed by atoms with Crippen LogP contribution in [0.1, 0.15) is 25.0 Å². The smallest absolute Gasteiger partial charge is 0.303 e. The fraction of sp³-hybridized carbons (Fsp3) is 0.462. The van der Waals surface area contributed by atoms with Crippen molar-refractivity contribution in [3.63, 3.8) is 0 Å². The molecule has 2 atom stereocenters. The van der Waals surface area contributed by atoms with E-state index in [0.717, 1.165) is 0 Å². The zero-order valence-corrected chi connectivity index (χ0v) is 10.7. The molecule has 0 radical (unpaired) electrons. The first-order valence-electron chi connectivity index (χ1n) is 5.61. The van der Waals surface area contributed by atoms with Crippen molar-refractivity contribution in [3.8, 4) is 11.5 Å². The normalized spacial score (nSPS) is 13.8. The van der Waals surface area contributed by atoms with Crippen molar-refractivity contribution in [3.05, 3.63) is 23.8 Å². The molecule has 0 saturated carbocycles. The second kappa shape index (κ2) is 6.26. The molecule has 0 heterocycles. The van der Waals surface area contributed by atoms with Crippen LogP contribution >= 0.6 is 0 Å². The molecule has 100 valence electrons. The van der Waals surface area contributed by atoms with Crippen LogP contribution in [0, 0.1) is 5.92 Å². The topological polar surface area (TPSA) is 76.0 Å². The van der Waals surface area contributed by atoms with Crippen molar-refractivity contribution in [2.45, 2.75) is 19.4 Å². The van der Waals surface area contributed by atoms with E-state index in [2.05, 4.69) is 0 Å². The maximum absolute atomic E-state index is 10.6. The van der Waals surface area contributed by atoms with Crippen molar-refractivity contribution in [2.75, 3.05) is 14.2 Å². The van der Waals surface area contributed by atoms with E-state index in [1.807, 2.05) is 0 Å². The Morgan fingerprint density at radius 1 is 1.28 bits per heavy atom. The average Bonchev–Trinajstić information content (AvgIpc) is 2.36. The zero-order chi connectivity index (χ0) is 13.7. The Kier molecular flexibility index (Phi) is 4.97. The number of methoxy groups -OCH3 is 2. The van der Waals surface area contributed by atoms with Gasteiger partial charge in [-0.1, -0.05) is 13.0 Å². The van der Waals surface area contributed by atoms with Crippen molar-refractivity contribution in [1.29, 1.82) is 0 Å². The second-order valence-corrected chi connectivity index (χ2v) is 4.13. The van der Waals surface area contributed by atoms with E-state index in [4.69, 9.17) is 14.6 Å². The van der Waals surface area contributed by atoms with Gasteiger partial charge in [-0.2, -0.15) is 0 Å². The van der Waals surface area contributed by atoms with Gasteiger partial charge in [0.25, 0.3) is 0 Å². The van der Waals surface area contributed by atoms with Gasteiger partial charge < -0.3 is 19.7 Å². The van der Waals surface area contributed by atoms with Crippen LogP contribution in [0.25, 0.3) is 0 Å². The molecule has 0 aromatic heterocycles. The van der Waals surface area contributed by atoms with Crippen molar-refractivity contribution < 1.29 is 24.5 Å². The van der Waals surface area contributed by atoms with Gasteiger partial charge in [-0.05, 0) is 23.6 Å². The summed E-state index contributed by atoms with van der Waals surface area (Å²) in [6.45, 7) is 1.69. The van der Waals surface area contributed by atoms with E-state index >= 15 is 0 Å². The Morgan fingerprint density at radius 3 is 2.39 bits per heavy atom. The number of benzene rings is 1. The number of hydrogen-bond acceptors (Lipinski definition) is 4. The zero-order valence-electron chi connectivity index (χ0n) is 10.7. The van der Waals surface area contributed by atoms with Gasteiger partial charge in [-0.15, -0.1) is 0 Å². The number of carbonyl (C=O) groups is 1. The molecular formula is C13H18O5. The Labute approximate surface area is 106 Å². The first-order valence-corrected chi connectivity index (χ1v) is 5.61. The van der Waals surface area contributed by atoms with E-state index < -0.39 is 12.1 Å². The molecule has 0 bridgehead atoms. The standard InChI is InChI=1S/C13H18O5/c1-8(6-12(14)15)13(16)9-4-5-10(17-2)11(7-9)18-3/h4-5,7-8,13,16H,6H2,1-3H3,(H,14,15). The van der Waals surface area contributed by atoms with Gasteiger partial charge >= 0.3 is 5.97 Å². The van der Waals surface area contributed by atoms with Gasteiger partial charge in [-0.25, -0.2) is 0 Å². The Balaban J connectivity index is 2.92. The summed E-state index contributed by atoms with van der Waals surface area (Å²) in [6.07, 6.45) is -0.934. The number of ether oxygens (including phenoxy) is 2. The summed E-state index contributed by atoms with van der Waals surface area (Å²) in [5, 5.41) is 18.8. The molecule has 18 heavy (non-hydrogen) atoms. The molecule has 2 unspecified atom stereocenters. The molecule has 1 aromatic rings. The van der Waals surface area contributed by atoms with Crippen LogP contribution in [-0.4, -0.2) is 30.4 Å². The highest BCUT2D eigenvalue weighted by atomic mass is 16.5. The summed E-state index contributed by atoms with van der Waals surface area (Å²) >= 11 is 0. The average molecular weight is 254 g/mol. The summed E-state index contributed by atoms with van der Waals surface area (Å²) in [4.78, 5) is 10.6. The molecule has 0 amide bonds. The fourth-order valence-electron chi connectivity index (χ4n) is 1.75. The SMILES string of the molecule is COc1ccc(C(O)C(C)CC(=O)O)cc1OC. The quantitative estimate of drug-likeness (QED) is 0.810. The van der Waals surface area contributed by atoms with Crippen molar-refractivity contribution in [2.24, 2.45) is 5.92 Å². The van der Waals surface area contributed by atoms with E-state index in [-0.39, 0.29) is 12.3 Å². The van der Waals surface area contributed by atoms with Crippen LogP contribution < -0.4 is 9.47 Å². The van der Waals surface area contributed by atoms with Crippen LogP contribution in [0.3, 0.4) is 0 Å². The highest BCUT2D eigenvalue weighted by molar-refractivity contribution is 5.67. The third kappa shape index (κ3) is 3.37. The van der Waals surface area contributed by atoms with Crippen molar-refractivity contribution in [1.82, 2.24) is 0 Å². The summed E-state index contributed by atoms with van der Waals surface area (Å²) in [5.41, 5.74) is 0.612. The maximum Gasteiger partial charge on any atom is 0.303 e. The van der Waals surface area contributed by atoms with Crippen LogP contribution in [0.2, 0.25) is 0 Å². The molecule has 0 aliphatic carbocycles. The summed E-state index contributed by atoms with van der Waals surface area (Å²) in [7, 11) is 3.04. The van der Waals surface area contributed by atoms with E-state index in [1.165, 1.54) is 14.2 Å². The molecule has 5 heteroatoms. The van der Waals surface area contributed by atoms with Gasteiger partial charge in [0.05, 0.1) is 26.7 Å². The molecule has 0 fully saturated rings. The Bertz CT molecular complexity index is 416. The number of aliphatic carboxylic acids is 1. The molecule has 0 saturated heterocycles. The maximum atomic E-state index is 10.6. The molecule has 5 nitrogen and oxygen atoms in total. The lowest BCUT2D eigenvalue weighted by molar-refractivity contribution is -0.139. The number of aliphatic hydroxyl groups is 1. The number of aliphatic hydroxyl groups excluding tert-OH is 1. The summed E-state index contributed by atoms with van der Waals surface area (Å²) < 4.78 is 10.2.